The Bertz CT molecular complexity index is 889. The number of carbonyl (C=O) groups excluding carboxylic acids is 1. The summed E-state index contributed by atoms with van der Waals surface area (Å²) in [7, 11) is 1.66. The molecule has 0 fully saturated rings. The molecule has 0 unspecified atom stereocenters. The molecule has 146 valence electrons. The molecule has 3 rings (SSSR count). The Hall–Kier alpha value is -3.12. The lowest BCUT2D eigenvalue weighted by Crippen LogP contribution is -2.25. The molecule has 1 amide bonds. The van der Waals surface area contributed by atoms with Crippen molar-refractivity contribution >= 4 is 5.91 Å². The molecule has 2 N–H and O–H groups in total. The summed E-state index contributed by atoms with van der Waals surface area (Å²) in [6, 6.07) is 18.0. The Labute approximate surface area is 165 Å². The highest BCUT2D eigenvalue weighted by atomic mass is 16.5. The minimum absolute atomic E-state index is 0.00549. The van der Waals surface area contributed by atoms with Gasteiger partial charge in [0.1, 0.15) is 5.75 Å². The third kappa shape index (κ3) is 5.20. The highest BCUT2D eigenvalue weighted by Gasteiger charge is 2.12. The summed E-state index contributed by atoms with van der Waals surface area (Å²) in [6.07, 6.45) is 2.94. The molecule has 6 nitrogen and oxygen atoms in total. The summed E-state index contributed by atoms with van der Waals surface area (Å²) in [5, 5.41) is 11.1. The topological polar surface area (TPSA) is 68.2 Å². The van der Waals surface area contributed by atoms with Gasteiger partial charge in [-0.3, -0.25) is 4.79 Å². The van der Waals surface area contributed by atoms with Crippen LogP contribution in [0.2, 0.25) is 0 Å². The minimum atomic E-state index is 0.00549. The van der Waals surface area contributed by atoms with Crippen LogP contribution in [-0.2, 0) is 11.3 Å². The largest absolute Gasteiger partial charge is 0.497 e. The number of aromatic nitrogens is 2. The average molecular weight is 378 g/mol. The third-order valence-corrected chi connectivity index (χ3v) is 4.39. The van der Waals surface area contributed by atoms with Crippen LogP contribution in [0.5, 0.6) is 5.75 Å². The van der Waals surface area contributed by atoms with Gasteiger partial charge in [0.15, 0.2) is 0 Å². The van der Waals surface area contributed by atoms with E-state index in [0.717, 1.165) is 41.2 Å². The van der Waals surface area contributed by atoms with Crippen molar-refractivity contribution in [2.75, 3.05) is 20.2 Å². The van der Waals surface area contributed by atoms with Crippen molar-refractivity contribution in [3.8, 4) is 22.7 Å². The van der Waals surface area contributed by atoms with Gasteiger partial charge in [-0.1, -0.05) is 18.2 Å². The smallest absolute Gasteiger partial charge is 0.216 e. The zero-order chi connectivity index (χ0) is 19.8. The maximum absolute atomic E-state index is 10.9. The van der Waals surface area contributed by atoms with Gasteiger partial charge in [-0.25, -0.2) is 4.68 Å². The van der Waals surface area contributed by atoms with E-state index in [1.807, 2.05) is 59.3 Å². The van der Waals surface area contributed by atoms with E-state index in [-0.39, 0.29) is 5.91 Å². The standard InChI is InChI=1S/C22H26N4O2/c1-17(27)24-14-6-13-23-15-19-16-26(20-7-4-3-5-8-20)25-22(19)18-9-11-21(28-2)12-10-18/h3-5,7-12,16,23H,6,13-15H2,1-2H3,(H,24,27). The van der Waals surface area contributed by atoms with Crippen LogP contribution in [0.15, 0.2) is 60.8 Å². The van der Waals surface area contributed by atoms with Crippen molar-refractivity contribution in [3.05, 3.63) is 66.4 Å². The molecule has 0 saturated heterocycles. The summed E-state index contributed by atoms with van der Waals surface area (Å²) in [4.78, 5) is 10.9. The quantitative estimate of drug-likeness (QED) is 0.561. The van der Waals surface area contributed by atoms with E-state index in [4.69, 9.17) is 9.84 Å². The lowest BCUT2D eigenvalue weighted by Gasteiger charge is -2.06. The van der Waals surface area contributed by atoms with Gasteiger partial charge in [-0.2, -0.15) is 5.10 Å². The number of carbonyl (C=O) groups is 1. The lowest BCUT2D eigenvalue weighted by atomic mass is 10.1. The van der Waals surface area contributed by atoms with Crippen LogP contribution in [0, 0.1) is 0 Å². The highest BCUT2D eigenvalue weighted by Crippen LogP contribution is 2.25. The van der Waals surface area contributed by atoms with Gasteiger partial charge < -0.3 is 15.4 Å². The maximum Gasteiger partial charge on any atom is 0.216 e. The SMILES string of the molecule is COc1ccc(-c2nn(-c3ccccc3)cc2CNCCCNC(C)=O)cc1. The third-order valence-electron chi connectivity index (χ3n) is 4.39. The second kappa shape index (κ2) is 9.71. The van der Waals surface area contributed by atoms with Gasteiger partial charge in [-0.15, -0.1) is 0 Å². The number of benzene rings is 2. The van der Waals surface area contributed by atoms with Gasteiger partial charge in [0.05, 0.1) is 18.5 Å². The zero-order valence-corrected chi connectivity index (χ0v) is 16.3. The van der Waals surface area contributed by atoms with Gasteiger partial charge in [0, 0.05) is 37.3 Å². The van der Waals surface area contributed by atoms with Crippen molar-refractivity contribution in [2.45, 2.75) is 19.9 Å². The molecule has 1 aromatic heterocycles. The zero-order valence-electron chi connectivity index (χ0n) is 16.3. The fourth-order valence-electron chi connectivity index (χ4n) is 2.94. The Balaban J connectivity index is 1.76. The first-order valence-corrected chi connectivity index (χ1v) is 9.41. The van der Waals surface area contributed by atoms with Crippen LogP contribution < -0.4 is 15.4 Å². The van der Waals surface area contributed by atoms with Gasteiger partial charge >= 0.3 is 0 Å². The number of nitrogens with one attached hydrogen (secondary N) is 2. The second-order valence-electron chi connectivity index (χ2n) is 6.52. The molecule has 3 aromatic rings. The number of ether oxygens (including phenoxy) is 1. The molecule has 0 aliphatic carbocycles. The molecule has 28 heavy (non-hydrogen) atoms. The van der Waals surface area contributed by atoms with E-state index in [0.29, 0.717) is 13.1 Å². The molecule has 6 heteroatoms. The fourth-order valence-corrected chi connectivity index (χ4v) is 2.94. The number of hydrogen-bond donors (Lipinski definition) is 2. The van der Waals surface area contributed by atoms with Crippen molar-refractivity contribution in [2.24, 2.45) is 0 Å². The highest BCUT2D eigenvalue weighted by molar-refractivity contribution is 5.72. The van der Waals surface area contributed by atoms with E-state index >= 15 is 0 Å². The molecule has 0 aliphatic rings. The first kappa shape index (κ1) is 19.6. The molecular formula is C22H26N4O2. The van der Waals surface area contributed by atoms with Crippen LogP contribution in [0.3, 0.4) is 0 Å². The number of hydrogen-bond acceptors (Lipinski definition) is 4. The summed E-state index contributed by atoms with van der Waals surface area (Å²) < 4.78 is 7.17. The molecule has 0 bridgehead atoms. The van der Waals surface area contributed by atoms with E-state index in [9.17, 15) is 4.79 Å². The first-order chi connectivity index (χ1) is 13.7. The van der Waals surface area contributed by atoms with Crippen LogP contribution in [0.4, 0.5) is 0 Å². The van der Waals surface area contributed by atoms with Crippen LogP contribution in [0.25, 0.3) is 16.9 Å². The Morgan fingerprint density at radius 2 is 1.82 bits per heavy atom. The Kier molecular flexibility index (Phi) is 6.81. The summed E-state index contributed by atoms with van der Waals surface area (Å²) >= 11 is 0. The number of rotatable bonds is 9. The maximum atomic E-state index is 10.9. The molecule has 1 heterocycles. The number of methoxy groups -OCH3 is 1. The molecule has 0 atom stereocenters. The van der Waals surface area contributed by atoms with E-state index < -0.39 is 0 Å². The normalized spacial score (nSPS) is 10.6. The molecule has 0 spiro atoms. The lowest BCUT2D eigenvalue weighted by molar-refractivity contribution is -0.118. The average Bonchev–Trinajstić information content (AvgIpc) is 3.15. The van der Waals surface area contributed by atoms with Crippen molar-refractivity contribution in [1.82, 2.24) is 20.4 Å². The molecule has 0 radical (unpaired) electrons. The van der Waals surface area contributed by atoms with Crippen molar-refractivity contribution < 1.29 is 9.53 Å². The molecular weight excluding hydrogens is 352 g/mol. The van der Waals surface area contributed by atoms with Crippen LogP contribution >= 0.6 is 0 Å². The number of para-hydroxylation sites is 1. The molecule has 0 aliphatic heterocycles. The first-order valence-electron chi connectivity index (χ1n) is 9.41. The number of amides is 1. The van der Waals surface area contributed by atoms with Gasteiger partial charge in [0.2, 0.25) is 5.91 Å². The van der Waals surface area contributed by atoms with E-state index in [2.05, 4.69) is 16.8 Å². The fraction of sp³-hybridized carbons (Fsp3) is 0.273. The second-order valence-corrected chi connectivity index (χ2v) is 6.52. The van der Waals surface area contributed by atoms with Crippen molar-refractivity contribution in [3.63, 3.8) is 0 Å². The Morgan fingerprint density at radius 3 is 2.50 bits per heavy atom. The molecule has 2 aromatic carbocycles. The van der Waals surface area contributed by atoms with Crippen molar-refractivity contribution in [1.29, 1.82) is 0 Å². The van der Waals surface area contributed by atoms with Gasteiger partial charge in [0.25, 0.3) is 0 Å². The summed E-state index contributed by atoms with van der Waals surface area (Å²) in [6.45, 7) is 3.73. The summed E-state index contributed by atoms with van der Waals surface area (Å²) in [5.74, 6) is 0.829. The van der Waals surface area contributed by atoms with Crippen LogP contribution in [-0.4, -0.2) is 35.9 Å². The monoisotopic (exact) mass is 378 g/mol. The van der Waals surface area contributed by atoms with Crippen LogP contribution in [0.1, 0.15) is 18.9 Å². The van der Waals surface area contributed by atoms with E-state index in [1.165, 1.54) is 6.92 Å². The molecule has 0 saturated carbocycles. The predicted molar refractivity (Wildman–Crippen MR) is 111 cm³/mol. The summed E-state index contributed by atoms with van der Waals surface area (Å²) in [5.41, 5.74) is 4.13. The predicted octanol–water partition coefficient (Wildman–Crippen LogP) is 3.16. The number of nitrogens with zero attached hydrogens (tertiary/aromatic N) is 2. The van der Waals surface area contributed by atoms with Gasteiger partial charge in [-0.05, 0) is 49.4 Å². The van der Waals surface area contributed by atoms with E-state index in [1.54, 1.807) is 7.11 Å². The minimum Gasteiger partial charge on any atom is -0.497 e. The Morgan fingerprint density at radius 1 is 1.07 bits per heavy atom.